The number of ether oxygens (including phenoxy) is 1. The molecule has 2 aromatic rings. The lowest BCUT2D eigenvalue weighted by molar-refractivity contribution is -0.120. The predicted octanol–water partition coefficient (Wildman–Crippen LogP) is 3.63. The van der Waals surface area contributed by atoms with Crippen LogP contribution in [0.25, 0.3) is 0 Å². The first-order chi connectivity index (χ1) is 11.4. The van der Waals surface area contributed by atoms with Gasteiger partial charge in [-0.3, -0.25) is 4.79 Å². The van der Waals surface area contributed by atoms with E-state index in [-0.39, 0.29) is 18.3 Å². The molecule has 0 atom stereocenters. The summed E-state index contributed by atoms with van der Waals surface area (Å²) >= 11 is 0. The van der Waals surface area contributed by atoms with Gasteiger partial charge in [-0.25, -0.2) is 4.39 Å². The lowest BCUT2D eigenvalue weighted by atomic mass is 9.83. The monoisotopic (exact) mass is 331 g/mol. The third kappa shape index (κ3) is 3.92. The second-order valence-corrected chi connectivity index (χ2v) is 6.00. The van der Waals surface area contributed by atoms with E-state index in [1.165, 1.54) is 12.1 Å². The Morgan fingerprint density at radius 2 is 1.88 bits per heavy atom. The van der Waals surface area contributed by atoms with Gasteiger partial charge in [-0.1, -0.05) is 12.1 Å². The van der Waals surface area contributed by atoms with Gasteiger partial charge in [-0.15, -0.1) is 0 Å². The fourth-order valence-electron chi connectivity index (χ4n) is 2.36. The molecule has 0 aliphatic heterocycles. The number of carbonyl (C=O) groups is 1. The zero-order chi connectivity index (χ0) is 17.7. The van der Waals surface area contributed by atoms with Gasteiger partial charge in [0.1, 0.15) is 11.6 Å². The Kier molecular flexibility index (Phi) is 5.57. The number of benzene rings is 2. The summed E-state index contributed by atoms with van der Waals surface area (Å²) < 4.78 is 18.5. The van der Waals surface area contributed by atoms with E-state index in [1.807, 2.05) is 6.92 Å². The normalized spacial score (nSPS) is 11.2. The quantitative estimate of drug-likeness (QED) is 0.850. The third-order valence-corrected chi connectivity index (χ3v) is 3.92. The van der Waals surface area contributed by atoms with Crippen molar-refractivity contribution < 1.29 is 19.0 Å². The number of anilines is 1. The van der Waals surface area contributed by atoms with Crippen LogP contribution in [0.15, 0.2) is 42.5 Å². The smallest absolute Gasteiger partial charge is 0.234 e. The maximum atomic E-state index is 13.1. The van der Waals surface area contributed by atoms with Crippen LogP contribution in [-0.4, -0.2) is 17.6 Å². The van der Waals surface area contributed by atoms with Gasteiger partial charge in [0.15, 0.2) is 0 Å². The van der Waals surface area contributed by atoms with Crippen LogP contribution in [0.1, 0.15) is 31.9 Å². The first-order valence-electron chi connectivity index (χ1n) is 7.82. The highest BCUT2D eigenvalue weighted by molar-refractivity contribution is 5.98. The average Bonchev–Trinajstić information content (AvgIpc) is 2.56. The van der Waals surface area contributed by atoms with Crippen molar-refractivity contribution in [3.8, 4) is 5.75 Å². The molecule has 5 heteroatoms. The Morgan fingerprint density at radius 3 is 2.46 bits per heavy atom. The van der Waals surface area contributed by atoms with Crippen LogP contribution in [-0.2, 0) is 16.8 Å². The number of hydrogen-bond acceptors (Lipinski definition) is 3. The first-order valence-corrected chi connectivity index (χ1v) is 7.82. The van der Waals surface area contributed by atoms with E-state index < -0.39 is 5.41 Å². The minimum atomic E-state index is -0.828. The fraction of sp³-hybridized carbons (Fsp3) is 0.316. The molecule has 0 aliphatic carbocycles. The lowest BCUT2D eigenvalue weighted by Crippen LogP contribution is -2.34. The molecule has 0 saturated carbocycles. The molecule has 4 nitrogen and oxygen atoms in total. The van der Waals surface area contributed by atoms with Crippen LogP contribution in [0.4, 0.5) is 10.1 Å². The molecule has 128 valence electrons. The molecule has 0 aliphatic rings. The number of halogens is 1. The molecule has 1 amide bonds. The van der Waals surface area contributed by atoms with Crippen molar-refractivity contribution in [2.24, 2.45) is 0 Å². The lowest BCUT2D eigenvalue weighted by Gasteiger charge is -2.24. The summed E-state index contributed by atoms with van der Waals surface area (Å²) in [6, 6.07) is 11.0. The molecule has 0 spiro atoms. The summed E-state index contributed by atoms with van der Waals surface area (Å²) in [5.74, 6) is 0.0343. The second kappa shape index (κ2) is 7.45. The third-order valence-electron chi connectivity index (χ3n) is 3.92. The van der Waals surface area contributed by atoms with Crippen LogP contribution >= 0.6 is 0 Å². The van der Waals surface area contributed by atoms with Gasteiger partial charge in [0.05, 0.1) is 18.6 Å². The van der Waals surface area contributed by atoms with Crippen LogP contribution in [0.5, 0.6) is 5.75 Å². The van der Waals surface area contributed by atoms with Crippen LogP contribution < -0.4 is 10.1 Å². The molecule has 24 heavy (non-hydrogen) atoms. The highest BCUT2D eigenvalue weighted by Crippen LogP contribution is 2.27. The van der Waals surface area contributed by atoms with Crippen molar-refractivity contribution in [3.05, 3.63) is 59.4 Å². The van der Waals surface area contributed by atoms with Crippen LogP contribution in [0.3, 0.4) is 0 Å². The van der Waals surface area contributed by atoms with E-state index >= 15 is 0 Å². The molecule has 0 heterocycles. The van der Waals surface area contributed by atoms with E-state index in [0.717, 1.165) is 5.56 Å². The van der Waals surface area contributed by atoms with E-state index in [2.05, 4.69) is 5.32 Å². The number of aliphatic hydroxyl groups is 1. The van der Waals surface area contributed by atoms with Crippen molar-refractivity contribution in [1.29, 1.82) is 0 Å². The van der Waals surface area contributed by atoms with Gasteiger partial charge in [0, 0.05) is 11.3 Å². The largest absolute Gasteiger partial charge is 0.494 e. The summed E-state index contributed by atoms with van der Waals surface area (Å²) in [5.41, 5.74) is 1.07. The molecule has 0 aromatic heterocycles. The minimum Gasteiger partial charge on any atom is -0.494 e. The maximum Gasteiger partial charge on any atom is 0.234 e. The van der Waals surface area contributed by atoms with Crippen molar-refractivity contribution >= 4 is 11.6 Å². The Balaban J connectivity index is 2.20. The summed E-state index contributed by atoms with van der Waals surface area (Å²) in [6.45, 7) is 5.73. The van der Waals surface area contributed by atoms with Crippen molar-refractivity contribution in [1.82, 2.24) is 0 Å². The van der Waals surface area contributed by atoms with Crippen molar-refractivity contribution in [2.45, 2.75) is 32.8 Å². The molecule has 0 radical (unpaired) electrons. The zero-order valence-corrected chi connectivity index (χ0v) is 14.1. The molecular formula is C19H22FNO3. The van der Waals surface area contributed by atoms with Gasteiger partial charge in [0.25, 0.3) is 0 Å². The number of amides is 1. The van der Waals surface area contributed by atoms with E-state index in [0.29, 0.717) is 23.6 Å². The molecule has 2 aromatic carbocycles. The second-order valence-electron chi connectivity index (χ2n) is 6.00. The molecule has 2 N–H and O–H groups in total. The number of carbonyl (C=O) groups excluding carboxylic acids is 1. The van der Waals surface area contributed by atoms with E-state index in [4.69, 9.17) is 4.74 Å². The van der Waals surface area contributed by atoms with Gasteiger partial charge >= 0.3 is 0 Å². The molecular weight excluding hydrogens is 309 g/mol. The average molecular weight is 331 g/mol. The van der Waals surface area contributed by atoms with Gasteiger partial charge in [-0.05, 0) is 56.7 Å². The van der Waals surface area contributed by atoms with Gasteiger partial charge in [-0.2, -0.15) is 0 Å². The minimum absolute atomic E-state index is 0.180. The molecule has 0 saturated heterocycles. The standard InChI is InChI=1S/C19H22FNO3/c1-4-24-17-10-9-16(11-13(17)12-22)21-18(23)19(2,3)14-5-7-15(20)8-6-14/h5-11,22H,4,12H2,1-3H3,(H,21,23). The van der Waals surface area contributed by atoms with Crippen LogP contribution in [0.2, 0.25) is 0 Å². The SMILES string of the molecule is CCOc1ccc(NC(=O)C(C)(C)c2ccc(F)cc2)cc1CO. The number of hydrogen-bond donors (Lipinski definition) is 2. The van der Waals surface area contributed by atoms with E-state index in [9.17, 15) is 14.3 Å². The van der Waals surface area contributed by atoms with Crippen molar-refractivity contribution in [2.75, 3.05) is 11.9 Å². The summed E-state index contributed by atoms with van der Waals surface area (Å²) in [5, 5.41) is 12.3. The van der Waals surface area contributed by atoms with Gasteiger partial charge in [0.2, 0.25) is 5.91 Å². The topological polar surface area (TPSA) is 58.6 Å². The highest BCUT2D eigenvalue weighted by atomic mass is 19.1. The maximum absolute atomic E-state index is 13.1. The predicted molar refractivity (Wildman–Crippen MR) is 91.6 cm³/mol. The van der Waals surface area contributed by atoms with E-state index in [1.54, 1.807) is 44.2 Å². The fourth-order valence-corrected chi connectivity index (χ4v) is 2.36. The molecule has 2 rings (SSSR count). The Labute approximate surface area is 141 Å². The number of rotatable bonds is 6. The summed E-state index contributed by atoms with van der Waals surface area (Å²) in [7, 11) is 0. The summed E-state index contributed by atoms with van der Waals surface area (Å²) in [6.07, 6.45) is 0. The summed E-state index contributed by atoms with van der Waals surface area (Å²) in [4.78, 5) is 12.6. The molecule has 0 unspecified atom stereocenters. The van der Waals surface area contributed by atoms with Crippen molar-refractivity contribution in [3.63, 3.8) is 0 Å². The molecule has 0 fully saturated rings. The Morgan fingerprint density at radius 1 is 1.21 bits per heavy atom. The van der Waals surface area contributed by atoms with Gasteiger partial charge < -0.3 is 15.2 Å². The Hall–Kier alpha value is -2.40. The highest BCUT2D eigenvalue weighted by Gasteiger charge is 2.30. The Bertz CT molecular complexity index is 711. The number of nitrogens with one attached hydrogen (secondary N) is 1. The van der Waals surface area contributed by atoms with Crippen LogP contribution in [0, 0.1) is 5.82 Å². The first kappa shape index (κ1) is 17.9. The zero-order valence-electron chi connectivity index (χ0n) is 14.1. The number of aliphatic hydroxyl groups excluding tert-OH is 1. The molecule has 0 bridgehead atoms.